The summed E-state index contributed by atoms with van der Waals surface area (Å²) < 4.78 is 26.2. The second-order valence-electron chi connectivity index (χ2n) is 4.35. The second kappa shape index (κ2) is 4.96. The first-order valence-corrected chi connectivity index (χ1v) is 7.07. The Bertz CT molecular complexity index is 615. The summed E-state index contributed by atoms with van der Waals surface area (Å²) in [6, 6.07) is 12.0. The molecule has 0 aliphatic heterocycles. The molecule has 0 aliphatic rings. The van der Waals surface area contributed by atoms with Crippen LogP contribution in [0.4, 0.5) is 0 Å². The van der Waals surface area contributed by atoms with Crippen LogP contribution in [0.1, 0.15) is 5.69 Å². The van der Waals surface area contributed by atoms with Crippen LogP contribution in [-0.4, -0.2) is 31.4 Å². The molecule has 0 amide bonds. The largest absolute Gasteiger partial charge is 0.304 e. The predicted octanol–water partition coefficient (Wildman–Crippen LogP) is 1.79. The molecule has 5 heteroatoms. The van der Waals surface area contributed by atoms with Gasteiger partial charge in [-0.1, -0.05) is 18.2 Å². The lowest BCUT2D eigenvalue weighted by molar-refractivity contribution is 0.395. The van der Waals surface area contributed by atoms with Crippen LogP contribution < -0.4 is 0 Å². The lowest BCUT2D eigenvalue weighted by Gasteiger charge is -2.13. The van der Waals surface area contributed by atoms with Gasteiger partial charge in [0, 0.05) is 18.4 Å². The van der Waals surface area contributed by atoms with Crippen molar-refractivity contribution in [2.24, 2.45) is 0 Å². The van der Waals surface area contributed by atoms with E-state index < -0.39 is 10.0 Å². The van der Waals surface area contributed by atoms with Crippen molar-refractivity contribution >= 4 is 10.0 Å². The number of hydrogen-bond acceptors (Lipinski definition) is 3. The molecule has 0 spiro atoms. The standard InChI is InChI=1S/C13H16N2O2S/c1-14(2)11-12-7-6-10-15(12)18(16,17)13-8-4-3-5-9-13/h3-10H,11H2,1-2H3. The summed E-state index contributed by atoms with van der Waals surface area (Å²) in [7, 11) is 0.336. The van der Waals surface area contributed by atoms with E-state index in [9.17, 15) is 8.42 Å². The molecule has 18 heavy (non-hydrogen) atoms. The van der Waals surface area contributed by atoms with Gasteiger partial charge in [-0.15, -0.1) is 0 Å². The van der Waals surface area contributed by atoms with E-state index in [1.54, 1.807) is 42.6 Å². The van der Waals surface area contributed by atoms with Gasteiger partial charge in [-0.3, -0.25) is 0 Å². The van der Waals surface area contributed by atoms with Crippen LogP contribution in [0.2, 0.25) is 0 Å². The summed E-state index contributed by atoms with van der Waals surface area (Å²) in [6.45, 7) is 0.582. The van der Waals surface area contributed by atoms with Gasteiger partial charge in [0.1, 0.15) is 0 Å². The molecular weight excluding hydrogens is 248 g/mol. The Labute approximate surface area is 108 Å². The number of nitrogens with zero attached hydrogens (tertiary/aromatic N) is 2. The van der Waals surface area contributed by atoms with Crippen molar-refractivity contribution in [1.29, 1.82) is 0 Å². The zero-order valence-corrected chi connectivity index (χ0v) is 11.3. The summed E-state index contributed by atoms with van der Waals surface area (Å²) in [5.41, 5.74) is 0.754. The van der Waals surface area contributed by atoms with Gasteiger partial charge in [0.2, 0.25) is 0 Å². The fraction of sp³-hybridized carbons (Fsp3) is 0.231. The molecule has 0 unspecified atom stereocenters. The van der Waals surface area contributed by atoms with Crippen molar-refractivity contribution in [2.75, 3.05) is 14.1 Å². The molecule has 1 aromatic heterocycles. The Morgan fingerprint density at radius 2 is 1.72 bits per heavy atom. The Kier molecular flexibility index (Phi) is 3.54. The smallest absolute Gasteiger partial charge is 0.267 e. The molecule has 1 aromatic carbocycles. The van der Waals surface area contributed by atoms with Crippen LogP contribution in [0.3, 0.4) is 0 Å². The van der Waals surface area contributed by atoms with E-state index in [1.165, 1.54) is 3.97 Å². The Balaban J connectivity index is 2.46. The molecule has 0 aliphatic carbocycles. The molecular formula is C13H16N2O2S. The van der Waals surface area contributed by atoms with E-state index in [1.807, 2.05) is 25.1 Å². The van der Waals surface area contributed by atoms with E-state index >= 15 is 0 Å². The minimum Gasteiger partial charge on any atom is -0.304 e. The van der Waals surface area contributed by atoms with E-state index in [2.05, 4.69) is 0 Å². The molecule has 0 saturated carbocycles. The van der Waals surface area contributed by atoms with Gasteiger partial charge >= 0.3 is 0 Å². The maximum atomic E-state index is 12.4. The number of rotatable bonds is 4. The first-order chi connectivity index (χ1) is 8.51. The first kappa shape index (κ1) is 12.9. The van der Waals surface area contributed by atoms with Crippen molar-refractivity contribution in [1.82, 2.24) is 8.87 Å². The summed E-state index contributed by atoms with van der Waals surface area (Å²) >= 11 is 0. The van der Waals surface area contributed by atoms with Gasteiger partial charge < -0.3 is 4.90 Å². The molecule has 0 bridgehead atoms. The summed E-state index contributed by atoms with van der Waals surface area (Å²) in [4.78, 5) is 2.24. The molecule has 1 heterocycles. The molecule has 0 N–H and O–H groups in total. The molecule has 0 saturated heterocycles. The van der Waals surface area contributed by atoms with Crippen LogP contribution in [0.25, 0.3) is 0 Å². The van der Waals surface area contributed by atoms with E-state index in [4.69, 9.17) is 0 Å². The van der Waals surface area contributed by atoms with Crippen molar-refractivity contribution in [3.63, 3.8) is 0 Å². The van der Waals surface area contributed by atoms with Gasteiger partial charge in [0.15, 0.2) is 0 Å². The third-order valence-corrected chi connectivity index (χ3v) is 4.31. The molecule has 96 valence electrons. The highest BCUT2D eigenvalue weighted by atomic mass is 32.2. The zero-order chi connectivity index (χ0) is 13.2. The molecule has 0 radical (unpaired) electrons. The van der Waals surface area contributed by atoms with Gasteiger partial charge in [-0.25, -0.2) is 12.4 Å². The van der Waals surface area contributed by atoms with Crippen LogP contribution in [0.5, 0.6) is 0 Å². The maximum absolute atomic E-state index is 12.4. The predicted molar refractivity (Wildman–Crippen MR) is 70.8 cm³/mol. The topological polar surface area (TPSA) is 42.3 Å². The highest BCUT2D eigenvalue weighted by molar-refractivity contribution is 7.90. The number of benzene rings is 1. The van der Waals surface area contributed by atoms with Crippen LogP contribution >= 0.6 is 0 Å². The molecule has 0 atom stereocenters. The fourth-order valence-electron chi connectivity index (χ4n) is 1.79. The monoisotopic (exact) mass is 264 g/mol. The molecule has 0 fully saturated rings. The fourth-order valence-corrected chi connectivity index (χ4v) is 3.17. The summed E-state index contributed by atoms with van der Waals surface area (Å²) in [6.07, 6.45) is 1.58. The normalized spacial score (nSPS) is 11.9. The van der Waals surface area contributed by atoms with Gasteiger partial charge in [0.05, 0.1) is 4.90 Å². The molecule has 2 rings (SSSR count). The lowest BCUT2D eigenvalue weighted by atomic mass is 10.4. The van der Waals surface area contributed by atoms with Crippen LogP contribution in [-0.2, 0) is 16.6 Å². The third kappa shape index (κ3) is 2.47. The van der Waals surface area contributed by atoms with Gasteiger partial charge in [-0.2, -0.15) is 0 Å². The van der Waals surface area contributed by atoms with Crippen LogP contribution in [0.15, 0.2) is 53.6 Å². The number of hydrogen-bond donors (Lipinski definition) is 0. The Morgan fingerprint density at radius 1 is 1.06 bits per heavy atom. The average Bonchev–Trinajstić information content (AvgIpc) is 2.78. The van der Waals surface area contributed by atoms with Crippen molar-refractivity contribution in [2.45, 2.75) is 11.4 Å². The Hall–Kier alpha value is -1.59. The molecule has 2 aromatic rings. The quantitative estimate of drug-likeness (QED) is 0.845. The second-order valence-corrected chi connectivity index (χ2v) is 6.17. The SMILES string of the molecule is CN(C)Cc1cccn1S(=O)(=O)c1ccccc1. The van der Waals surface area contributed by atoms with E-state index in [0.29, 0.717) is 11.4 Å². The van der Waals surface area contributed by atoms with Crippen molar-refractivity contribution in [3.8, 4) is 0 Å². The Morgan fingerprint density at radius 3 is 2.33 bits per heavy atom. The average molecular weight is 264 g/mol. The van der Waals surface area contributed by atoms with Crippen molar-refractivity contribution < 1.29 is 8.42 Å². The van der Waals surface area contributed by atoms with Gasteiger partial charge in [0.25, 0.3) is 10.0 Å². The van der Waals surface area contributed by atoms with E-state index in [-0.39, 0.29) is 0 Å². The highest BCUT2D eigenvalue weighted by Crippen LogP contribution is 2.16. The minimum absolute atomic E-state index is 0.307. The van der Waals surface area contributed by atoms with E-state index in [0.717, 1.165) is 5.69 Å². The van der Waals surface area contributed by atoms with Gasteiger partial charge in [-0.05, 0) is 38.4 Å². The summed E-state index contributed by atoms with van der Waals surface area (Å²) in [5, 5.41) is 0. The highest BCUT2D eigenvalue weighted by Gasteiger charge is 2.18. The summed E-state index contributed by atoms with van der Waals surface area (Å²) in [5.74, 6) is 0. The molecule has 4 nitrogen and oxygen atoms in total. The van der Waals surface area contributed by atoms with Crippen LogP contribution in [0, 0.1) is 0 Å². The van der Waals surface area contributed by atoms with Crippen molar-refractivity contribution in [3.05, 3.63) is 54.4 Å². The zero-order valence-electron chi connectivity index (χ0n) is 10.4. The third-order valence-electron chi connectivity index (χ3n) is 2.57. The first-order valence-electron chi connectivity index (χ1n) is 5.63. The number of aromatic nitrogens is 1. The minimum atomic E-state index is -3.48. The lowest BCUT2D eigenvalue weighted by Crippen LogP contribution is -2.19. The maximum Gasteiger partial charge on any atom is 0.267 e.